The lowest BCUT2D eigenvalue weighted by molar-refractivity contribution is -0.108. The molecule has 160 valence electrons. The first-order valence-electron chi connectivity index (χ1n) is 10.5. The SMILES string of the molecule is O=CCC1CSC(c2cc3cc(Oc4cccnc4)cc(NC4CCOCC4)c3[nH]2)=N1. The number of aromatic amines is 1. The summed E-state index contributed by atoms with van der Waals surface area (Å²) in [5.41, 5.74) is 3.01. The van der Waals surface area contributed by atoms with Crippen LogP contribution in [0.2, 0.25) is 0 Å². The number of rotatable bonds is 7. The van der Waals surface area contributed by atoms with Gasteiger partial charge < -0.3 is 24.6 Å². The molecule has 5 rings (SSSR count). The Labute approximate surface area is 184 Å². The summed E-state index contributed by atoms with van der Waals surface area (Å²) < 4.78 is 11.6. The second-order valence-corrected chi connectivity index (χ2v) is 8.75. The van der Waals surface area contributed by atoms with Crippen molar-refractivity contribution in [2.45, 2.75) is 31.3 Å². The van der Waals surface area contributed by atoms with Gasteiger partial charge in [-0.2, -0.15) is 0 Å². The van der Waals surface area contributed by atoms with Gasteiger partial charge in [0.15, 0.2) is 0 Å². The van der Waals surface area contributed by atoms with Crippen LogP contribution in [0.1, 0.15) is 25.0 Å². The van der Waals surface area contributed by atoms with Crippen LogP contribution < -0.4 is 10.1 Å². The number of benzene rings is 1. The lowest BCUT2D eigenvalue weighted by atomic mass is 10.1. The van der Waals surface area contributed by atoms with Crippen molar-refractivity contribution in [2.75, 3.05) is 24.3 Å². The quantitative estimate of drug-likeness (QED) is 0.534. The molecular weight excluding hydrogens is 412 g/mol. The van der Waals surface area contributed by atoms with Crippen molar-refractivity contribution in [1.29, 1.82) is 0 Å². The zero-order valence-corrected chi connectivity index (χ0v) is 17.9. The van der Waals surface area contributed by atoms with Gasteiger partial charge in [0.05, 0.1) is 29.1 Å². The van der Waals surface area contributed by atoms with E-state index in [0.29, 0.717) is 18.2 Å². The number of anilines is 1. The molecule has 31 heavy (non-hydrogen) atoms. The molecule has 2 aliphatic rings. The van der Waals surface area contributed by atoms with Gasteiger partial charge in [-0.3, -0.25) is 9.98 Å². The Balaban J connectivity index is 1.50. The molecule has 0 aliphatic carbocycles. The minimum atomic E-state index is 0.0632. The van der Waals surface area contributed by atoms with Crippen LogP contribution in [-0.2, 0) is 9.53 Å². The molecule has 1 fully saturated rings. The van der Waals surface area contributed by atoms with Crippen molar-refractivity contribution in [1.82, 2.24) is 9.97 Å². The zero-order valence-electron chi connectivity index (χ0n) is 17.0. The highest BCUT2D eigenvalue weighted by Gasteiger charge is 2.22. The van der Waals surface area contributed by atoms with Gasteiger partial charge in [-0.1, -0.05) is 0 Å². The minimum Gasteiger partial charge on any atom is -0.456 e. The molecule has 1 saturated heterocycles. The molecule has 2 aromatic heterocycles. The van der Waals surface area contributed by atoms with Gasteiger partial charge in [-0.05, 0) is 37.1 Å². The van der Waals surface area contributed by atoms with Gasteiger partial charge in [-0.25, -0.2) is 0 Å². The Morgan fingerprint density at radius 3 is 2.97 bits per heavy atom. The fourth-order valence-electron chi connectivity index (χ4n) is 3.90. The van der Waals surface area contributed by atoms with E-state index in [2.05, 4.69) is 21.4 Å². The third kappa shape index (κ3) is 4.60. The first-order chi connectivity index (χ1) is 15.3. The number of carbonyl (C=O) groups is 1. The smallest absolute Gasteiger partial charge is 0.145 e. The molecule has 2 aliphatic heterocycles. The number of pyridine rings is 1. The zero-order chi connectivity index (χ0) is 21.0. The number of thioether (sulfide) groups is 1. The first kappa shape index (κ1) is 20.1. The van der Waals surface area contributed by atoms with Crippen molar-refractivity contribution in [3.05, 3.63) is 48.4 Å². The molecule has 1 aromatic carbocycles. The Morgan fingerprint density at radius 2 is 2.16 bits per heavy atom. The van der Waals surface area contributed by atoms with Crippen LogP contribution in [0, 0.1) is 0 Å². The minimum absolute atomic E-state index is 0.0632. The lowest BCUT2D eigenvalue weighted by Gasteiger charge is -2.24. The number of hydrogen-bond acceptors (Lipinski definition) is 7. The molecule has 0 radical (unpaired) electrons. The summed E-state index contributed by atoms with van der Waals surface area (Å²) in [5, 5.41) is 5.69. The number of hydrogen-bond donors (Lipinski definition) is 2. The second-order valence-electron chi connectivity index (χ2n) is 7.74. The number of aldehydes is 1. The molecular formula is C23H24N4O3S. The van der Waals surface area contributed by atoms with Crippen LogP contribution >= 0.6 is 11.8 Å². The third-order valence-electron chi connectivity index (χ3n) is 5.46. The van der Waals surface area contributed by atoms with E-state index in [1.807, 2.05) is 24.3 Å². The monoisotopic (exact) mass is 436 g/mol. The average molecular weight is 437 g/mol. The molecule has 4 heterocycles. The lowest BCUT2D eigenvalue weighted by Crippen LogP contribution is -2.27. The molecule has 0 amide bonds. The number of nitrogens with one attached hydrogen (secondary N) is 2. The molecule has 0 spiro atoms. The van der Waals surface area contributed by atoms with E-state index in [1.54, 1.807) is 24.2 Å². The Morgan fingerprint density at radius 1 is 1.26 bits per heavy atom. The highest BCUT2D eigenvalue weighted by molar-refractivity contribution is 8.14. The number of nitrogens with zero attached hydrogens (tertiary/aromatic N) is 2. The maximum Gasteiger partial charge on any atom is 0.145 e. The number of carbonyl (C=O) groups excluding carboxylic acids is 1. The van der Waals surface area contributed by atoms with E-state index in [0.717, 1.165) is 71.2 Å². The number of fused-ring (bicyclic) bond motifs is 1. The maximum atomic E-state index is 10.8. The second kappa shape index (κ2) is 9.11. The fourth-order valence-corrected chi connectivity index (χ4v) is 4.95. The predicted octanol–water partition coefficient (Wildman–Crippen LogP) is 4.40. The van der Waals surface area contributed by atoms with Crippen molar-refractivity contribution in [2.24, 2.45) is 4.99 Å². The van der Waals surface area contributed by atoms with E-state index in [4.69, 9.17) is 14.5 Å². The van der Waals surface area contributed by atoms with Gasteiger partial charge in [0.1, 0.15) is 22.8 Å². The largest absolute Gasteiger partial charge is 0.456 e. The van der Waals surface area contributed by atoms with Crippen LogP contribution in [0.4, 0.5) is 5.69 Å². The number of ether oxygens (including phenoxy) is 2. The summed E-state index contributed by atoms with van der Waals surface area (Å²) in [5.74, 6) is 2.29. The number of aromatic nitrogens is 2. The van der Waals surface area contributed by atoms with Crippen LogP contribution in [0.3, 0.4) is 0 Å². The van der Waals surface area contributed by atoms with Gasteiger partial charge in [0.2, 0.25) is 0 Å². The van der Waals surface area contributed by atoms with Crippen molar-refractivity contribution >= 4 is 39.7 Å². The summed E-state index contributed by atoms with van der Waals surface area (Å²) in [6.07, 6.45) is 6.79. The highest BCUT2D eigenvalue weighted by Crippen LogP contribution is 2.35. The Kier molecular flexibility index (Phi) is 5.90. The van der Waals surface area contributed by atoms with Crippen molar-refractivity contribution in [3.8, 4) is 11.5 Å². The van der Waals surface area contributed by atoms with E-state index in [1.165, 1.54) is 0 Å². The van der Waals surface area contributed by atoms with Crippen LogP contribution in [0.5, 0.6) is 11.5 Å². The number of H-pyrrole nitrogens is 1. The van der Waals surface area contributed by atoms with Crippen LogP contribution in [0.15, 0.2) is 47.7 Å². The molecule has 8 heteroatoms. The summed E-state index contributed by atoms with van der Waals surface area (Å²) in [4.78, 5) is 23.2. The van der Waals surface area contributed by atoms with E-state index in [-0.39, 0.29) is 6.04 Å². The molecule has 1 unspecified atom stereocenters. The summed E-state index contributed by atoms with van der Waals surface area (Å²) >= 11 is 1.69. The summed E-state index contributed by atoms with van der Waals surface area (Å²) in [7, 11) is 0. The normalized spacial score (nSPS) is 19.4. The predicted molar refractivity (Wildman–Crippen MR) is 124 cm³/mol. The van der Waals surface area contributed by atoms with E-state index < -0.39 is 0 Å². The topological polar surface area (TPSA) is 88.6 Å². The van der Waals surface area contributed by atoms with Gasteiger partial charge in [0, 0.05) is 49.1 Å². The molecule has 2 N–H and O–H groups in total. The van der Waals surface area contributed by atoms with Gasteiger partial charge >= 0.3 is 0 Å². The highest BCUT2D eigenvalue weighted by atomic mass is 32.2. The molecule has 3 aromatic rings. The van der Waals surface area contributed by atoms with Gasteiger partial charge in [0.25, 0.3) is 0 Å². The number of aliphatic imine (C=N–C) groups is 1. The Bertz CT molecular complexity index is 1090. The summed E-state index contributed by atoms with van der Waals surface area (Å²) in [6.45, 7) is 1.54. The third-order valence-corrected chi connectivity index (χ3v) is 6.61. The standard InChI is InChI=1S/C23H24N4O3S/c28-7-3-17-14-31-23(26-17)21-11-15-10-19(30-18-2-1-6-24-13-18)12-20(22(15)27-21)25-16-4-8-29-9-5-16/h1-2,6-7,10-13,16-17,25,27H,3-5,8-9,14H2. The molecule has 0 bridgehead atoms. The molecule has 7 nitrogen and oxygen atoms in total. The van der Waals surface area contributed by atoms with Gasteiger partial charge in [-0.15, -0.1) is 11.8 Å². The van der Waals surface area contributed by atoms with Crippen molar-refractivity contribution < 1.29 is 14.3 Å². The first-order valence-corrected chi connectivity index (χ1v) is 11.5. The van der Waals surface area contributed by atoms with Crippen molar-refractivity contribution in [3.63, 3.8) is 0 Å². The van der Waals surface area contributed by atoms with Crippen LogP contribution in [-0.4, -0.2) is 52.3 Å². The fraction of sp³-hybridized carbons (Fsp3) is 0.348. The van der Waals surface area contributed by atoms with Crippen LogP contribution in [0.25, 0.3) is 10.9 Å². The molecule has 0 saturated carbocycles. The average Bonchev–Trinajstić information content (AvgIpc) is 3.43. The van der Waals surface area contributed by atoms with E-state index in [9.17, 15) is 4.79 Å². The Hall–Kier alpha value is -2.84. The van der Waals surface area contributed by atoms with E-state index >= 15 is 0 Å². The molecule has 1 atom stereocenters. The maximum absolute atomic E-state index is 10.8. The summed E-state index contributed by atoms with van der Waals surface area (Å²) in [6, 6.07) is 10.3.